The second kappa shape index (κ2) is 6.34. The molecule has 1 nitrogen and oxygen atoms in total. The van der Waals surface area contributed by atoms with E-state index in [2.05, 4.69) is 64.6 Å². The molecular weight excluding hydrogens is 228 g/mol. The maximum absolute atomic E-state index is 5.84. The summed E-state index contributed by atoms with van der Waals surface area (Å²) in [7, 11) is 0. The Bertz CT molecular complexity index is 324. The topological polar surface area (TPSA) is 9.23 Å². The molecule has 0 radical (unpaired) electrons. The maximum atomic E-state index is 5.84. The molecule has 1 aromatic carbocycles. The van der Waals surface area contributed by atoms with Crippen molar-refractivity contribution >= 4 is 12.6 Å². The average molecular weight is 252 g/mol. The highest BCUT2D eigenvalue weighted by Crippen LogP contribution is 2.27. The number of ether oxygens (including phenoxy) is 1. The molecule has 1 atom stereocenters. The van der Waals surface area contributed by atoms with Crippen LogP contribution in [-0.4, -0.2) is 12.4 Å². The van der Waals surface area contributed by atoms with E-state index < -0.39 is 0 Å². The summed E-state index contributed by atoms with van der Waals surface area (Å²) in [6.07, 6.45) is 1.07. The number of rotatable bonds is 5. The molecule has 96 valence electrons. The van der Waals surface area contributed by atoms with Crippen LogP contribution in [0.25, 0.3) is 0 Å². The van der Waals surface area contributed by atoms with Gasteiger partial charge in [-0.2, -0.15) is 12.6 Å². The van der Waals surface area contributed by atoms with Gasteiger partial charge in [-0.05, 0) is 35.3 Å². The molecule has 17 heavy (non-hydrogen) atoms. The minimum absolute atomic E-state index is 0.241. The zero-order valence-electron chi connectivity index (χ0n) is 11.4. The Labute approximate surface area is 111 Å². The molecule has 0 aliphatic carbocycles. The van der Waals surface area contributed by atoms with Crippen molar-refractivity contribution in [3.05, 3.63) is 29.8 Å². The SMILES string of the molecule is CCc1ccc(OCC(CS)C(C)(C)C)cc1. The lowest BCUT2D eigenvalue weighted by Gasteiger charge is -2.29. The normalized spacial score (nSPS) is 13.5. The van der Waals surface area contributed by atoms with Crippen molar-refractivity contribution in [2.75, 3.05) is 12.4 Å². The molecule has 1 aromatic rings. The van der Waals surface area contributed by atoms with E-state index in [1.54, 1.807) is 0 Å². The molecule has 0 spiro atoms. The molecule has 0 N–H and O–H groups in total. The highest BCUT2D eigenvalue weighted by Gasteiger charge is 2.23. The molecule has 0 aromatic heterocycles. The van der Waals surface area contributed by atoms with Crippen LogP contribution < -0.4 is 4.74 Å². The largest absolute Gasteiger partial charge is 0.493 e. The second-order valence-electron chi connectivity index (χ2n) is 5.55. The summed E-state index contributed by atoms with van der Waals surface area (Å²) in [4.78, 5) is 0. The number of hydrogen-bond donors (Lipinski definition) is 1. The summed E-state index contributed by atoms with van der Waals surface area (Å²) in [6, 6.07) is 8.36. The van der Waals surface area contributed by atoms with Gasteiger partial charge in [0.25, 0.3) is 0 Å². The van der Waals surface area contributed by atoms with Crippen LogP contribution >= 0.6 is 12.6 Å². The van der Waals surface area contributed by atoms with Crippen LogP contribution in [0.15, 0.2) is 24.3 Å². The van der Waals surface area contributed by atoms with E-state index in [1.807, 2.05) is 0 Å². The molecule has 0 bridgehead atoms. The van der Waals surface area contributed by atoms with E-state index >= 15 is 0 Å². The molecule has 1 rings (SSSR count). The zero-order chi connectivity index (χ0) is 12.9. The van der Waals surface area contributed by atoms with Crippen molar-refractivity contribution in [2.24, 2.45) is 11.3 Å². The lowest BCUT2D eigenvalue weighted by atomic mass is 9.82. The Hall–Kier alpha value is -0.630. The third kappa shape index (κ3) is 4.63. The van der Waals surface area contributed by atoms with E-state index in [9.17, 15) is 0 Å². The zero-order valence-corrected chi connectivity index (χ0v) is 12.3. The number of hydrogen-bond acceptors (Lipinski definition) is 2. The van der Waals surface area contributed by atoms with E-state index in [0.29, 0.717) is 5.92 Å². The van der Waals surface area contributed by atoms with Crippen molar-refractivity contribution in [3.63, 3.8) is 0 Å². The van der Waals surface area contributed by atoms with Crippen LogP contribution in [0, 0.1) is 11.3 Å². The van der Waals surface area contributed by atoms with Crippen molar-refractivity contribution in [2.45, 2.75) is 34.1 Å². The van der Waals surface area contributed by atoms with Gasteiger partial charge in [-0.15, -0.1) is 0 Å². The Morgan fingerprint density at radius 3 is 2.18 bits per heavy atom. The standard InChI is InChI=1S/C15H24OS/c1-5-12-6-8-14(9-7-12)16-10-13(11-17)15(2,3)4/h6-9,13,17H,5,10-11H2,1-4H3. The first-order chi connectivity index (χ1) is 7.97. The van der Waals surface area contributed by atoms with Crippen LogP contribution in [-0.2, 0) is 6.42 Å². The second-order valence-corrected chi connectivity index (χ2v) is 5.92. The van der Waals surface area contributed by atoms with Crippen LogP contribution in [0.1, 0.15) is 33.3 Å². The van der Waals surface area contributed by atoms with Gasteiger partial charge in [-0.3, -0.25) is 0 Å². The first-order valence-corrected chi connectivity index (χ1v) is 6.93. The molecule has 0 aliphatic rings. The van der Waals surface area contributed by atoms with Gasteiger partial charge >= 0.3 is 0 Å². The lowest BCUT2D eigenvalue weighted by molar-refractivity contribution is 0.165. The van der Waals surface area contributed by atoms with E-state index in [-0.39, 0.29) is 5.41 Å². The molecule has 0 aliphatic heterocycles. The minimum atomic E-state index is 0.241. The molecule has 2 heteroatoms. The molecule has 0 amide bonds. The van der Waals surface area contributed by atoms with Crippen molar-refractivity contribution in [1.29, 1.82) is 0 Å². The Kier molecular flexibility index (Phi) is 5.38. The van der Waals surface area contributed by atoms with Gasteiger partial charge in [-0.1, -0.05) is 39.8 Å². The third-order valence-corrected chi connectivity index (χ3v) is 3.67. The van der Waals surface area contributed by atoms with Gasteiger partial charge in [0.2, 0.25) is 0 Å². The minimum Gasteiger partial charge on any atom is -0.493 e. The Morgan fingerprint density at radius 1 is 1.18 bits per heavy atom. The third-order valence-electron chi connectivity index (χ3n) is 3.23. The average Bonchev–Trinajstić information content (AvgIpc) is 2.29. The van der Waals surface area contributed by atoms with E-state index in [4.69, 9.17) is 4.74 Å². The van der Waals surface area contributed by atoms with Crippen molar-refractivity contribution < 1.29 is 4.74 Å². The van der Waals surface area contributed by atoms with Crippen molar-refractivity contribution in [1.82, 2.24) is 0 Å². The summed E-state index contributed by atoms with van der Waals surface area (Å²) in [5.74, 6) is 2.28. The summed E-state index contributed by atoms with van der Waals surface area (Å²) in [5.41, 5.74) is 1.59. The summed E-state index contributed by atoms with van der Waals surface area (Å²) in [6.45, 7) is 9.59. The molecule has 0 saturated heterocycles. The van der Waals surface area contributed by atoms with Crippen LogP contribution in [0.3, 0.4) is 0 Å². The highest BCUT2D eigenvalue weighted by atomic mass is 32.1. The molecule has 0 fully saturated rings. The first-order valence-electron chi connectivity index (χ1n) is 6.30. The Balaban J connectivity index is 2.54. The van der Waals surface area contributed by atoms with Crippen LogP contribution in [0.4, 0.5) is 0 Å². The molecular formula is C15H24OS. The smallest absolute Gasteiger partial charge is 0.119 e. The van der Waals surface area contributed by atoms with Crippen LogP contribution in [0.2, 0.25) is 0 Å². The number of aryl methyl sites for hydroxylation is 1. The Morgan fingerprint density at radius 2 is 1.76 bits per heavy atom. The van der Waals surface area contributed by atoms with Gasteiger partial charge in [0.15, 0.2) is 0 Å². The lowest BCUT2D eigenvalue weighted by Crippen LogP contribution is -2.28. The monoisotopic (exact) mass is 252 g/mol. The summed E-state index contributed by atoms with van der Waals surface area (Å²) >= 11 is 4.41. The van der Waals surface area contributed by atoms with E-state index in [1.165, 1.54) is 5.56 Å². The predicted molar refractivity (Wildman–Crippen MR) is 78.1 cm³/mol. The van der Waals surface area contributed by atoms with Crippen LogP contribution in [0.5, 0.6) is 5.75 Å². The van der Waals surface area contributed by atoms with Gasteiger partial charge < -0.3 is 4.74 Å². The van der Waals surface area contributed by atoms with Gasteiger partial charge in [0, 0.05) is 5.92 Å². The predicted octanol–water partition coefficient (Wildman–Crippen LogP) is 4.22. The number of thiol groups is 1. The molecule has 0 heterocycles. The molecule has 1 unspecified atom stereocenters. The number of benzene rings is 1. The van der Waals surface area contributed by atoms with E-state index in [0.717, 1.165) is 24.5 Å². The fourth-order valence-corrected chi connectivity index (χ4v) is 2.25. The van der Waals surface area contributed by atoms with Gasteiger partial charge in [0.05, 0.1) is 6.61 Å². The summed E-state index contributed by atoms with van der Waals surface area (Å²) < 4.78 is 5.84. The maximum Gasteiger partial charge on any atom is 0.119 e. The quantitative estimate of drug-likeness (QED) is 0.772. The summed E-state index contributed by atoms with van der Waals surface area (Å²) in [5, 5.41) is 0. The highest BCUT2D eigenvalue weighted by molar-refractivity contribution is 7.80. The molecule has 0 saturated carbocycles. The van der Waals surface area contributed by atoms with Crippen molar-refractivity contribution in [3.8, 4) is 5.75 Å². The first kappa shape index (κ1) is 14.4. The van der Waals surface area contributed by atoms with Gasteiger partial charge in [0.1, 0.15) is 5.75 Å². The van der Waals surface area contributed by atoms with Gasteiger partial charge in [-0.25, -0.2) is 0 Å². The fourth-order valence-electron chi connectivity index (χ4n) is 1.59. The fraction of sp³-hybridized carbons (Fsp3) is 0.600.